The van der Waals surface area contributed by atoms with Gasteiger partial charge in [0, 0.05) is 12.2 Å². The Hall–Kier alpha value is -2.13. The van der Waals surface area contributed by atoms with Crippen molar-refractivity contribution >= 4 is 39.9 Å². The van der Waals surface area contributed by atoms with Crippen LogP contribution in [0, 0.1) is 13.8 Å². The lowest BCUT2D eigenvalue weighted by molar-refractivity contribution is 0.0700. The molecule has 1 aliphatic heterocycles. The maximum atomic E-state index is 14.6. The summed E-state index contributed by atoms with van der Waals surface area (Å²) < 4.78 is 14.6. The molecule has 2 aromatic heterocycles. The molecule has 1 aliphatic rings. The first-order valence-electron chi connectivity index (χ1n) is 8.02. The number of aromatic nitrogens is 2. The van der Waals surface area contributed by atoms with Crippen molar-refractivity contribution in [2.45, 2.75) is 32.5 Å². The van der Waals surface area contributed by atoms with E-state index in [4.69, 9.17) is 16.7 Å². The fourth-order valence-electron chi connectivity index (χ4n) is 2.86. The number of aryl methyl sites for hydroxylation is 2. The molecule has 3 rings (SSSR count). The number of hydrogen-bond donors (Lipinski definition) is 3. The summed E-state index contributed by atoms with van der Waals surface area (Å²) in [5, 5.41) is 12.7. The number of rotatable bonds is 4. The number of carboxylic acid groups (broad SMARTS) is 1. The third kappa shape index (κ3) is 3.68. The van der Waals surface area contributed by atoms with Crippen molar-refractivity contribution in [3.8, 4) is 0 Å². The molecule has 26 heavy (non-hydrogen) atoms. The number of amides is 1. The van der Waals surface area contributed by atoms with Crippen molar-refractivity contribution in [2.75, 3.05) is 18.0 Å². The number of H-pyrrole nitrogens is 1. The molecule has 1 fully saturated rings. The minimum absolute atomic E-state index is 0.0431. The third-order valence-corrected chi connectivity index (χ3v) is 5.90. The van der Waals surface area contributed by atoms with Crippen LogP contribution in [0.1, 0.15) is 38.0 Å². The second kappa shape index (κ2) is 7.24. The van der Waals surface area contributed by atoms with Gasteiger partial charge in [-0.1, -0.05) is 22.9 Å². The number of nitrogens with one attached hydrogen (secondary N) is 2. The molecule has 2 atom stereocenters. The first-order chi connectivity index (χ1) is 12.3. The second-order valence-corrected chi connectivity index (χ2v) is 7.59. The van der Waals surface area contributed by atoms with Crippen molar-refractivity contribution in [1.82, 2.24) is 15.3 Å². The monoisotopic (exact) mass is 400 g/mol. The minimum Gasteiger partial charge on any atom is -0.477 e. The van der Waals surface area contributed by atoms with Crippen LogP contribution in [-0.4, -0.2) is 52.3 Å². The number of carbonyl (C=O) groups is 2. The summed E-state index contributed by atoms with van der Waals surface area (Å²) in [6.07, 6.45) is -0.904. The predicted molar refractivity (Wildman–Crippen MR) is 97.3 cm³/mol. The number of alkyl halides is 1. The first-order valence-corrected chi connectivity index (χ1v) is 9.21. The van der Waals surface area contributed by atoms with Crippen LogP contribution in [-0.2, 0) is 0 Å². The molecular formula is C16H18ClFN4O3S. The van der Waals surface area contributed by atoms with E-state index in [0.717, 1.165) is 11.3 Å². The number of piperidine rings is 1. The Morgan fingerprint density at radius 2 is 2.23 bits per heavy atom. The SMILES string of the molecule is Cc1nc(N2CC[C@@H](NC(=O)c3cc(Cl)c(C)[nH]3)[C@@H](F)C2)sc1C(=O)O. The fourth-order valence-corrected chi connectivity index (χ4v) is 3.96. The van der Waals surface area contributed by atoms with E-state index in [0.29, 0.717) is 40.2 Å². The zero-order chi connectivity index (χ0) is 19.0. The molecule has 2 aromatic rings. The molecule has 0 saturated carbocycles. The molecule has 7 nitrogen and oxygen atoms in total. The zero-order valence-corrected chi connectivity index (χ0v) is 15.7. The Balaban J connectivity index is 1.64. The number of thiazole rings is 1. The summed E-state index contributed by atoms with van der Waals surface area (Å²) in [6.45, 7) is 3.88. The maximum absolute atomic E-state index is 14.6. The van der Waals surface area contributed by atoms with Crippen LogP contribution in [0.5, 0.6) is 0 Å². The molecule has 0 aliphatic carbocycles. The number of carboxylic acids is 1. The molecule has 3 heterocycles. The van der Waals surface area contributed by atoms with E-state index in [2.05, 4.69) is 15.3 Å². The van der Waals surface area contributed by atoms with Gasteiger partial charge in [-0.15, -0.1) is 0 Å². The highest BCUT2D eigenvalue weighted by Crippen LogP contribution is 2.29. The lowest BCUT2D eigenvalue weighted by Crippen LogP contribution is -2.52. The lowest BCUT2D eigenvalue weighted by Gasteiger charge is -2.34. The number of carbonyl (C=O) groups excluding carboxylic acids is 1. The number of aromatic carboxylic acids is 1. The van der Waals surface area contributed by atoms with Gasteiger partial charge in [0.1, 0.15) is 16.7 Å². The van der Waals surface area contributed by atoms with Crippen LogP contribution in [0.15, 0.2) is 6.07 Å². The smallest absolute Gasteiger partial charge is 0.347 e. The molecule has 1 amide bonds. The molecule has 3 N–H and O–H groups in total. The van der Waals surface area contributed by atoms with Gasteiger partial charge < -0.3 is 20.3 Å². The molecule has 0 unspecified atom stereocenters. The molecule has 140 valence electrons. The van der Waals surface area contributed by atoms with Gasteiger partial charge in [0.05, 0.1) is 23.3 Å². The van der Waals surface area contributed by atoms with Crippen LogP contribution >= 0.6 is 22.9 Å². The van der Waals surface area contributed by atoms with E-state index in [9.17, 15) is 14.0 Å². The fraction of sp³-hybridized carbons (Fsp3) is 0.438. The van der Waals surface area contributed by atoms with E-state index in [1.807, 2.05) is 0 Å². The van der Waals surface area contributed by atoms with Gasteiger partial charge in [0.2, 0.25) is 0 Å². The number of hydrogen-bond acceptors (Lipinski definition) is 5. The number of aromatic amines is 1. The van der Waals surface area contributed by atoms with E-state index in [1.165, 1.54) is 6.07 Å². The minimum atomic E-state index is -1.29. The van der Waals surface area contributed by atoms with E-state index >= 15 is 0 Å². The van der Waals surface area contributed by atoms with E-state index in [1.54, 1.807) is 18.7 Å². The third-order valence-electron chi connectivity index (χ3n) is 4.30. The van der Waals surface area contributed by atoms with Crippen LogP contribution < -0.4 is 10.2 Å². The number of halogens is 2. The van der Waals surface area contributed by atoms with Crippen LogP contribution in [0.4, 0.5) is 9.52 Å². The van der Waals surface area contributed by atoms with Gasteiger partial charge in [0.15, 0.2) is 5.13 Å². The summed E-state index contributed by atoms with van der Waals surface area (Å²) in [6, 6.07) is 0.890. The molecule has 0 radical (unpaired) electrons. The summed E-state index contributed by atoms with van der Waals surface area (Å²) >= 11 is 6.96. The Kier molecular flexibility index (Phi) is 5.19. The van der Waals surface area contributed by atoms with Crippen LogP contribution in [0.3, 0.4) is 0 Å². The van der Waals surface area contributed by atoms with E-state index < -0.39 is 24.1 Å². The van der Waals surface area contributed by atoms with Gasteiger partial charge in [0.25, 0.3) is 5.91 Å². The van der Waals surface area contributed by atoms with Crippen molar-refractivity contribution in [3.05, 3.63) is 33.0 Å². The normalized spacial score (nSPS) is 20.2. The number of anilines is 1. The summed E-state index contributed by atoms with van der Waals surface area (Å²) in [7, 11) is 0. The second-order valence-electron chi connectivity index (χ2n) is 6.20. The summed E-state index contributed by atoms with van der Waals surface area (Å²) in [5.41, 5.74) is 1.39. The lowest BCUT2D eigenvalue weighted by atomic mass is 10.0. The molecule has 10 heteroatoms. The van der Waals surface area contributed by atoms with Crippen molar-refractivity contribution in [3.63, 3.8) is 0 Å². The molecule has 1 saturated heterocycles. The Morgan fingerprint density at radius 1 is 1.50 bits per heavy atom. The van der Waals surface area contributed by atoms with Crippen molar-refractivity contribution < 1.29 is 19.1 Å². The van der Waals surface area contributed by atoms with Gasteiger partial charge in [-0.2, -0.15) is 0 Å². The van der Waals surface area contributed by atoms with Crippen molar-refractivity contribution in [2.24, 2.45) is 0 Å². The highest BCUT2D eigenvalue weighted by atomic mass is 35.5. The zero-order valence-electron chi connectivity index (χ0n) is 14.2. The summed E-state index contributed by atoms with van der Waals surface area (Å²) in [4.78, 5) is 32.3. The van der Waals surface area contributed by atoms with Gasteiger partial charge in [-0.3, -0.25) is 4.79 Å². The molecule has 0 bridgehead atoms. The maximum Gasteiger partial charge on any atom is 0.347 e. The Bertz CT molecular complexity index is 833. The van der Waals surface area contributed by atoms with Crippen LogP contribution in [0.2, 0.25) is 5.02 Å². The highest BCUT2D eigenvalue weighted by Gasteiger charge is 2.32. The molecular weight excluding hydrogens is 383 g/mol. The average Bonchev–Trinajstić information content (AvgIpc) is 3.12. The van der Waals surface area contributed by atoms with Crippen molar-refractivity contribution in [1.29, 1.82) is 0 Å². The average molecular weight is 401 g/mol. The van der Waals surface area contributed by atoms with E-state index in [-0.39, 0.29) is 11.4 Å². The van der Waals surface area contributed by atoms with Gasteiger partial charge >= 0.3 is 5.97 Å². The highest BCUT2D eigenvalue weighted by molar-refractivity contribution is 7.17. The number of nitrogens with zero attached hydrogens (tertiary/aromatic N) is 2. The van der Waals surface area contributed by atoms with Gasteiger partial charge in [-0.25, -0.2) is 14.2 Å². The predicted octanol–water partition coefficient (Wildman–Crippen LogP) is 2.79. The van der Waals surface area contributed by atoms with Crippen LogP contribution in [0.25, 0.3) is 0 Å². The largest absolute Gasteiger partial charge is 0.477 e. The van der Waals surface area contributed by atoms with Gasteiger partial charge in [-0.05, 0) is 26.3 Å². The summed E-state index contributed by atoms with van der Waals surface area (Å²) in [5.74, 6) is -1.44. The molecule has 0 aromatic carbocycles. The Labute approximate surface area is 158 Å². The first kappa shape index (κ1) is 18.7. The molecule has 0 spiro atoms. The standard InChI is InChI=1S/C16H18ClFN4O3S/c1-7-9(17)5-12(19-7)14(23)21-11-3-4-22(6-10(11)18)16-20-8(2)13(26-16)15(24)25/h5,10-11,19H,3-4,6H2,1-2H3,(H,21,23)(H,24,25)/t10-,11+/m0/s1. The topological polar surface area (TPSA) is 98.3 Å². The Morgan fingerprint density at radius 3 is 2.77 bits per heavy atom. The quantitative estimate of drug-likeness (QED) is 0.733.